The zero-order valence-corrected chi connectivity index (χ0v) is 22.6. The van der Waals surface area contributed by atoms with Gasteiger partial charge in [-0.3, -0.25) is 14.5 Å². The number of amides is 1. The van der Waals surface area contributed by atoms with Crippen LogP contribution in [0.1, 0.15) is 39.9 Å². The van der Waals surface area contributed by atoms with Crippen molar-refractivity contribution in [2.45, 2.75) is 31.2 Å². The molecular weight excluding hydrogens is 492 g/mol. The molecule has 3 aromatic carbocycles. The lowest BCUT2D eigenvalue weighted by atomic mass is 9.86. The fourth-order valence-electron chi connectivity index (χ4n) is 5.59. The average Bonchev–Trinajstić information content (AvgIpc) is 3.64. The monoisotopic (exact) mass is 526 g/mol. The third-order valence-electron chi connectivity index (χ3n) is 8.09. The van der Waals surface area contributed by atoms with E-state index >= 15 is 0 Å². The molecule has 0 N–H and O–H groups in total. The quantitative estimate of drug-likeness (QED) is 0.432. The number of nitrogens with zero attached hydrogens (tertiary/aromatic N) is 2. The van der Waals surface area contributed by atoms with Crippen molar-refractivity contribution in [1.29, 1.82) is 0 Å². The number of morpholine rings is 1. The Hall–Kier alpha value is -3.68. The van der Waals surface area contributed by atoms with Crippen LogP contribution in [0.5, 0.6) is 11.5 Å². The van der Waals surface area contributed by atoms with Crippen LogP contribution >= 0.6 is 0 Å². The molecule has 1 saturated carbocycles. The van der Waals surface area contributed by atoms with E-state index in [1.807, 2.05) is 42.5 Å². The molecule has 0 unspecified atom stereocenters. The van der Waals surface area contributed by atoms with E-state index in [0.717, 1.165) is 79.4 Å². The first-order chi connectivity index (χ1) is 18.9. The maximum atomic E-state index is 13.7. The third-order valence-corrected chi connectivity index (χ3v) is 8.09. The van der Waals surface area contributed by atoms with Crippen LogP contribution in [0, 0.1) is 0 Å². The second kappa shape index (κ2) is 10.5. The molecule has 0 bridgehead atoms. The van der Waals surface area contributed by atoms with Crippen molar-refractivity contribution >= 4 is 11.7 Å². The number of carbonyl (C=O) groups excluding carboxylic acids is 2. The SMILES string of the molecule is CN(C)C(=O)c1ccc(-c2cc(CC(=O)C3(c4ccc5c(c4)OCO5)CC3)ccc2CN2CCOCC2)cc1. The van der Waals surface area contributed by atoms with E-state index in [-0.39, 0.29) is 18.5 Å². The maximum absolute atomic E-state index is 13.7. The van der Waals surface area contributed by atoms with Gasteiger partial charge in [0.25, 0.3) is 5.91 Å². The molecule has 0 atom stereocenters. The predicted molar refractivity (Wildman–Crippen MR) is 148 cm³/mol. The Morgan fingerprint density at radius 2 is 1.64 bits per heavy atom. The zero-order valence-electron chi connectivity index (χ0n) is 22.6. The molecule has 2 fully saturated rings. The average molecular weight is 527 g/mol. The standard InChI is InChI=1S/C32H34N2O5/c1-33(2)31(36)24-7-5-23(6-8-24)27-17-22(3-4-25(27)20-34-13-15-37-16-14-34)18-30(35)32(11-12-32)26-9-10-28-29(19-26)39-21-38-28/h3-10,17,19H,11-16,18,20-21H2,1-2H3. The Morgan fingerprint density at radius 3 is 2.36 bits per heavy atom. The number of rotatable bonds is 8. The summed E-state index contributed by atoms with van der Waals surface area (Å²) in [5.41, 5.74) is 5.58. The fourth-order valence-corrected chi connectivity index (χ4v) is 5.59. The highest BCUT2D eigenvalue weighted by atomic mass is 16.7. The minimum atomic E-state index is -0.443. The number of hydrogen-bond donors (Lipinski definition) is 0. The summed E-state index contributed by atoms with van der Waals surface area (Å²) in [6.45, 7) is 4.31. The van der Waals surface area contributed by atoms with E-state index in [4.69, 9.17) is 14.2 Å². The normalized spacial score (nSPS) is 17.6. The van der Waals surface area contributed by atoms with Gasteiger partial charge in [-0.25, -0.2) is 0 Å². The van der Waals surface area contributed by atoms with Crippen molar-refractivity contribution in [3.8, 4) is 22.6 Å². The van der Waals surface area contributed by atoms with Crippen LogP contribution in [0.15, 0.2) is 60.7 Å². The van der Waals surface area contributed by atoms with Gasteiger partial charge in [-0.1, -0.05) is 36.4 Å². The molecule has 0 radical (unpaired) electrons. The Kier molecular flexibility index (Phi) is 6.87. The van der Waals surface area contributed by atoms with E-state index in [1.165, 1.54) is 5.56 Å². The molecule has 1 aliphatic carbocycles. The molecule has 202 valence electrons. The van der Waals surface area contributed by atoms with Gasteiger partial charge in [-0.2, -0.15) is 0 Å². The number of Topliss-reactive ketones (excluding diaryl/α,β-unsaturated/α-hetero) is 1. The molecule has 1 saturated heterocycles. The lowest BCUT2D eigenvalue weighted by Crippen LogP contribution is -2.35. The van der Waals surface area contributed by atoms with Crippen molar-refractivity contribution < 1.29 is 23.8 Å². The summed E-state index contributed by atoms with van der Waals surface area (Å²) in [7, 11) is 3.51. The largest absolute Gasteiger partial charge is 0.454 e. The Balaban J connectivity index is 1.28. The van der Waals surface area contributed by atoms with E-state index in [0.29, 0.717) is 12.0 Å². The first-order valence-corrected chi connectivity index (χ1v) is 13.6. The summed E-state index contributed by atoms with van der Waals surface area (Å²) in [5.74, 6) is 1.67. The molecule has 6 rings (SSSR count). The van der Waals surface area contributed by atoms with Gasteiger partial charge < -0.3 is 19.1 Å². The number of ether oxygens (including phenoxy) is 3. The Labute approximate surface area is 229 Å². The summed E-state index contributed by atoms with van der Waals surface area (Å²) >= 11 is 0. The maximum Gasteiger partial charge on any atom is 0.253 e. The minimum Gasteiger partial charge on any atom is -0.454 e. The molecule has 39 heavy (non-hydrogen) atoms. The van der Waals surface area contributed by atoms with Gasteiger partial charge in [-0.15, -0.1) is 0 Å². The number of carbonyl (C=O) groups is 2. The second-order valence-electron chi connectivity index (χ2n) is 10.9. The van der Waals surface area contributed by atoms with Crippen molar-refractivity contribution in [1.82, 2.24) is 9.80 Å². The summed E-state index contributed by atoms with van der Waals surface area (Å²) in [4.78, 5) is 30.1. The minimum absolute atomic E-state index is 0.0207. The summed E-state index contributed by atoms with van der Waals surface area (Å²) in [6.07, 6.45) is 2.08. The Bertz CT molecular complexity index is 1390. The van der Waals surface area contributed by atoms with Crippen molar-refractivity contribution in [3.63, 3.8) is 0 Å². The van der Waals surface area contributed by atoms with E-state index in [2.05, 4.69) is 23.1 Å². The second-order valence-corrected chi connectivity index (χ2v) is 10.9. The fraction of sp³-hybridized carbons (Fsp3) is 0.375. The zero-order chi connectivity index (χ0) is 27.0. The molecule has 0 spiro atoms. The number of hydrogen-bond acceptors (Lipinski definition) is 6. The molecule has 7 heteroatoms. The van der Waals surface area contributed by atoms with Crippen LogP contribution in [0.25, 0.3) is 11.1 Å². The summed E-state index contributed by atoms with van der Waals surface area (Å²) in [6, 6.07) is 20.1. The Morgan fingerprint density at radius 1 is 0.897 bits per heavy atom. The molecule has 1 amide bonds. The van der Waals surface area contributed by atoms with Gasteiger partial charge in [0, 0.05) is 45.7 Å². The molecule has 2 aliphatic heterocycles. The van der Waals surface area contributed by atoms with Crippen molar-refractivity contribution in [3.05, 3.63) is 82.9 Å². The number of ketones is 1. The molecule has 2 heterocycles. The highest BCUT2D eigenvalue weighted by Gasteiger charge is 2.50. The topological polar surface area (TPSA) is 68.3 Å². The predicted octanol–water partition coefficient (Wildman–Crippen LogP) is 4.46. The summed E-state index contributed by atoms with van der Waals surface area (Å²) < 4.78 is 16.6. The van der Waals surface area contributed by atoms with Gasteiger partial charge >= 0.3 is 0 Å². The van der Waals surface area contributed by atoms with Crippen molar-refractivity contribution in [2.24, 2.45) is 0 Å². The van der Waals surface area contributed by atoms with E-state index in [9.17, 15) is 9.59 Å². The van der Waals surface area contributed by atoms with E-state index < -0.39 is 5.41 Å². The van der Waals surface area contributed by atoms with Gasteiger partial charge in [-0.05, 0) is 64.9 Å². The molecule has 3 aromatic rings. The van der Waals surface area contributed by atoms with Gasteiger partial charge in [0.05, 0.1) is 18.6 Å². The third kappa shape index (κ3) is 5.16. The number of fused-ring (bicyclic) bond motifs is 1. The first kappa shape index (κ1) is 25.6. The van der Waals surface area contributed by atoms with Crippen LogP contribution in [0.3, 0.4) is 0 Å². The van der Waals surface area contributed by atoms with Crippen LogP contribution in [-0.2, 0) is 27.9 Å². The molecule has 3 aliphatic rings. The van der Waals surface area contributed by atoms with Gasteiger partial charge in [0.1, 0.15) is 5.78 Å². The molecule has 0 aromatic heterocycles. The highest BCUT2D eigenvalue weighted by molar-refractivity contribution is 5.95. The van der Waals surface area contributed by atoms with Crippen molar-refractivity contribution in [2.75, 3.05) is 47.2 Å². The van der Waals surface area contributed by atoms with Crippen LogP contribution in [0.4, 0.5) is 0 Å². The number of benzene rings is 3. The van der Waals surface area contributed by atoms with Crippen LogP contribution < -0.4 is 9.47 Å². The molecule has 7 nitrogen and oxygen atoms in total. The lowest BCUT2D eigenvalue weighted by molar-refractivity contribution is -0.120. The van der Waals surface area contributed by atoms with Gasteiger partial charge in [0.2, 0.25) is 6.79 Å². The van der Waals surface area contributed by atoms with Crippen LogP contribution in [-0.4, -0.2) is 68.7 Å². The van der Waals surface area contributed by atoms with Gasteiger partial charge in [0.15, 0.2) is 11.5 Å². The van der Waals surface area contributed by atoms with E-state index in [1.54, 1.807) is 19.0 Å². The highest BCUT2D eigenvalue weighted by Crippen LogP contribution is 2.51. The molecular formula is C32H34N2O5. The summed E-state index contributed by atoms with van der Waals surface area (Å²) in [5, 5.41) is 0. The van der Waals surface area contributed by atoms with Crippen LogP contribution in [0.2, 0.25) is 0 Å². The lowest BCUT2D eigenvalue weighted by Gasteiger charge is -2.27. The first-order valence-electron chi connectivity index (χ1n) is 13.6. The smallest absolute Gasteiger partial charge is 0.253 e.